The summed E-state index contributed by atoms with van der Waals surface area (Å²) in [4.78, 5) is 17.2. The van der Waals surface area contributed by atoms with Crippen LogP contribution in [-0.4, -0.2) is 17.5 Å². The zero-order valence-corrected chi connectivity index (χ0v) is 17.7. The molecule has 0 aliphatic heterocycles. The van der Waals surface area contributed by atoms with E-state index in [2.05, 4.69) is 10.3 Å². The van der Waals surface area contributed by atoms with E-state index in [4.69, 9.17) is 27.9 Å². The number of rotatable bonds is 5. The highest BCUT2D eigenvalue weighted by atomic mass is 35.5. The minimum atomic E-state index is -0.274. The highest BCUT2D eigenvalue weighted by Gasteiger charge is 2.14. The first kappa shape index (κ1) is 19.7. The van der Waals surface area contributed by atoms with E-state index in [9.17, 15) is 4.79 Å². The third-order valence-corrected chi connectivity index (χ3v) is 5.82. The van der Waals surface area contributed by atoms with Gasteiger partial charge in [0.2, 0.25) is 0 Å². The molecule has 29 heavy (non-hydrogen) atoms. The molecule has 3 aromatic carbocycles. The number of para-hydroxylation sites is 1. The highest BCUT2D eigenvalue weighted by molar-refractivity contribution is 7.21. The number of hydrogen-bond donors (Lipinski definition) is 1. The van der Waals surface area contributed by atoms with E-state index in [0.29, 0.717) is 21.5 Å². The normalized spacial score (nSPS) is 10.9. The number of anilines is 1. The van der Waals surface area contributed by atoms with Crippen molar-refractivity contribution in [3.8, 4) is 16.3 Å². The van der Waals surface area contributed by atoms with E-state index < -0.39 is 0 Å². The Balaban J connectivity index is 1.54. The summed E-state index contributed by atoms with van der Waals surface area (Å²) in [7, 11) is 0. The van der Waals surface area contributed by atoms with Crippen LogP contribution in [-0.2, 0) is 4.79 Å². The van der Waals surface area contributed by atoms with Gasteiger partial charge in [0.05, 0.1) is 15.9 Å². The van der Waals surface area contributed by atoms with E-state index in [1.54, 1.807) is 47.7 Å². The monoisotopic (exact) mass is 442 g/mol. The molecule has 0 spiro atoms. The SMILES string of the molecule is Cc1cc(Cl)ccc1OCC(=O)Nc1ccc(Cl)cc1-c1nc2ccccc2s1. The van der Waals surface area contributed by atoms with Crippen molar-refractivity contribution in [1.82, 2.24) is 4.98 Å². The third kappa shape index (κ3) is 4.53. The Morgan fingerprint density at radius 1 is 1.07 bits per heavy atom. The van der Waals surface area contributed by atoms with Gasteiger partial charge in [-0.3, -0.25) is 4.79 Å². The van der Waals surface area contributed by atoms with Gasteiger partial charge in [0.1, 0.15) is 10.8 Å². The Bertz CT molecular complexity index is 1170. The van der Waals surface area contributed by atoms with Gasteiger partial charge >= 0.3 is 0 Å². The second-order valence-corrected chi connectivity index (χ2v) is 8.33. The molecule has 1 aromatic heterocycles. The van der Waals surface area contributed by atoms with Crippen LogP contribution in [0.15, 0.2) is 60.7 Å². The van der Waals surface area contributed by atoms with Crippen molar-refractivity contribution in [2.75, 3.05) is 11.9 Å². The standard InChI is InChI=1S/C22H16Cl2N2O2S/c1-13-10-14(23)7-9-19(13)28-12-21(27)25-17-8-6-15(24)11-16(17)22-26-18-4-2-3-5-20(18)29-22/h2-11H,12H2,1H3,(H,25,27). The molecule has 0 aliphatic rings. The Labute approximate surface area is 182 Å². The van der Waals surface area contributed by atoms with Crippen LogP contribution in [0.3, 0.4) is 0 Å². The molecule has 0 unspecified atom stereocenters. The second kappa shape index (κ2) is 8.41. The molecule has 0 radical (unpaired) electrons. The van der Waals surface area contributed by atoms with Crippen molar-refractivity contribution in [3.05, 3.63) is 76.3 Å². The Hall–Kier alpha value is -2.60. The van der Waals surface area contributed by atoms with Crippen molar-refractivity contribution in [2.45, 2.75) is 6.92 Å². The van der Waals surface area contributed by atoms with E-state index in [-0.39, 0.29) is 12.5 Å². The summed E-state index contributed by atoms with van der Waals surface area (Å²) < 4.78 is 6.70. The molecule has 0 atom stereocenters. The maximum atomic E-state index is 12.5. The number of hydrogen-bond acceptors (Lipinski definition) is 4. The number of aromatic nitrogens is 1. The van der Waals surface area contributed by atoms with Gasteiger partial charge in [0.25, 0.3) is 5.91 Å². The molecule has 0 saturated carbocycles. The zero-order chi connectivity index (χ0) is 20.4. The Kier molecular flexibility index (Phi) is 5.72. The summed E-state index contributed by atoms with van der Waals surface area (Å²) in [5.41, 5.74) is 3.18. The first-order valence-electron chi connectivity index (χ1n) is 8.84. The second-order valence-electron chi connectivity index (χ2n) is 6.42. The average molecular weight is 443 g/mol. The number of thiazole rings is 1. The van der Waals surface area contributed by atoms with Gasteiger partial charge in [-0.05, 0) is 61.0 Å². The van der Waals surface area contributed by atoms with Crippen LogP contribution >= 0.6 is 34.5 Å². The van der Waals surface area contributed by atoms with Gasteiger partial charge in [0.15, 0.2) is 6.61 Å². The zero-order valence-electron chi connectivity index (χ0n) is 15.4. The quantitative estimate of drug-likeness (QED) is 0.378. The first-order valence-corrected chi connectivity index (χ1v) is 10.4. The molecule has 1 heterocycles. The van der Waals surface area contributed by atoms with Gasteiger partial charge < -0.3 is 10.1 Å². The molecule has 1 N–H and O–H groups in total. The number of amides is 1. The highest BCUT2D eigenvalue weighted by Crippen LogP contribution is 2.36. The molecule has 4 rings (SSSR count). The average Bonchev–Trinajstić information content (AvgIpc) is 3.13. The molecule has 0 bridgehead atoms. The van der Waals surface area contributed by atoms with Gasteiger partial charge in [-0.15, -0.1) is 11.3 Å². The van der Waals surface area contributed by atoms with E-state index >= 15 is 0 Å². The number of benzene rings is 3. The number of carbonyl (C=O) groups excluding carboxylic acids is 1. The van der Waals surface area contributed by atoms with Crippen molar-refractivity contribution in [3.63, 3.8) is 0 Å². The number of fused-ring (bicyclic) bond motifs is 1. The molecular weight excluding hydrogens is 427 g/mol. The van der Waals surface area contributed by atoms with Gasteiger partial charge in [-0.2, -0.15) is 0 Å². The smallest absolute Gasteiger partial charge is 0.262 e. The van der Waals surface area contributed by atoms with Crippen LogP contribution in [0.1, 0.15) is 5.56 Å². The summed E-state index contributed by atoms with van der Waals surface area (Å²) >= 11 is 13.7. The number of nitrogens with one attached hydrogen (secondary N) is 1. The lowest BCUT2D eigenvalue weighted by molar-refractivity contribution is -0.118. The molecule has 1 amide bonds. The number of ether oxygens (including phenoxy) is 1. The van der Waals surface area contributed by atoms with Crippen LogP contribution in [0.25, 0.3) is 20.8 Å². The van der Waals surface area contributed by atoms with Crippen LogP contribution in [0, 0.1) is 6.92 Å². The fraction of sp³-hybridized carbons (Fsp3) is 0.0909. The molecule has 0 fully saturated rings. The van der Waals surface area contributed by atoms with Crippen LogP contribution in [0.2, 0.25) is 10.0 Å². The maximum Gasteiger partial charge on any atom is 0.262 e. The molecule has 7 heteroatoms. The number of carbonyl (C=O) groups is 1. The predicted molar refractivity (Wildman–Crippen MR) is 120 cm³/mol. The lowest BCUT2D eigenvalue weighted by atomic mass is 10.2. The molecule has 0 aliphatic carbocycles. The lowest BCUT2D eigenvalue weighted by Gasteiger charge is -2.12. The summed E-state index contributed by atoms with van der Waals surface area (Å²) in [6.45, 7) is 1.76. The van der Waals surface area contributed by atoms with Crippen molar-refractivity contribution < 1.29 is 9.53 Å². The van der Waals surface area contributed by atoms with E-state index in [1.807, 2.05) is 31.2 Å². The van der Waals surface area contributed by atoms with Crippen molar-refractivity contribution >= 4 is 56.3 Å². The molecular formula is C22H16Cl2N2O2S. The maximum absolute atomic E-state index is 12.5. The largest absolute Gasteiger partial charge is 0.483 e. The fourth-order valence-corrected chi connectivity index (χ4v) is 4.29. The van der Waals surface area contributed by atoms with Crippen LogP contribution < -0.4 is 10.1 Å². The van der Waals surface area contributed by atoms with Gasteiger partial charge in [-0.25, -0.2) is 4.98 Å². The number of halogens is 2. The number of nitrogens with zero attached hydrogens (tertiary/aromatic N) is 1. The molecule has 4 nitrogen and oxygen atoms in total. The fourth-order valence-electron chi connectivity index (χ4n) is 2.89. The summed E-state index contributed by atoms with van der Waals surface area (Å²) in [5, 5.41) is 4.89. The molecule has 4 aromatic rings. The Morgan fingerprint density at radius 3 is 2.62 bits per heavy atom. The molecule has 0 saturated heterocycles. The summed E-state index contributed by atoms with van der Waals surface area (Å²) in [5.74, 6) is 0.344. The minimum Gasteiger partial charge on any atom is -0.483 e. The predicted octanol–water partition coefficient (Wildman–Crippen LogP) is 6.60. The van der Waals surface area contributed by atoms with Crippen molar-refractivity contribution in [2.24, 2.45) is 0 Å². The first-order chi connectivity index (χ1) is 14.0. The third-order valence-electron chi connectivity index (χ3n) is 4.28. The summed E-state index contributed by atoms with van der Waals surface area (Å²) in [6, 6.07) is 18.5. The van der Waals surface area contributed by atoms with Crippen molar-refractivity contribution in [1.29, 1.82) is 0 Å². The lowest BCUT2D eigenvalue weighted by Crippen LogP contribution is -2.20. The van der Waals surface area contributed by atoms with Gasteiger partial charge in [-0.1, -0.05) is 35.3 Å². The summed E-state index contributed by atoms with van der Waals surface area (Å²) in [6.07, 6.45) is 0. The van der Waals surface area contributed by atoms with Gasteiger partial charge in [0, 0.05) is 15.6 Å². The Morgan fingerprint density at radius 2 is 1.83 bits per heavy atom. The number of aryl methyl sites for hydroxylation is 1. The topological polar surface area (TPSA) is 51.2 Å². The van der Waals surface area contributed by atoms with E-state index in [0.717, 1.165) is 26.4 Å². The van der Waals surface area contributed by atoms with Crippen LogP contribution in [0.4, 0.5) is 5.69 Å². The van der Waals surface area contributed by atoms with E-state index in [1.165, 1.54) is 0 Å². The van der Waals surface area contributed by atoms with Crippen LogP contribution in [0.5, 0.6) is 5.75 Å². The minimum absolute atomic E-state index is 0.121. The molecule has 146 valence electrons.